The zero-order valence-electron chi connectivity index (χ0n) is 12.5. The van der Waals surface area contributed by atoms with Gasteiger partial charge in [-0.15, -0.1) is 0 Å². The largest absolute Gasteiger partial charge is 0.480 e. The van der Waals surface area contributed by atoms with Crippen LogP contribution in [0.25, 0.3) is 0 Å². The van der Waals surface area contributed by atoms with Crippen LogP contribution >= 0.6 is 12.6 Å². The predicted octanol–water partition coefficient (Wildman–Crippen LogP) is 2.61. The molecule has 0 aliphatic rings. The second kappa shape index (κ2) is 10.7. The van der Waals surface area contributed by atoms with Crippen LogP contribution in [-0.4, -0.2) is 35.2 Å². The average molecular weight is 299 g/mol. The Bertz CT molecular complexity index is 389. The first-order valence-corrected chi connectivity index (χ1v) is 7.37. The summed E-state index contributed by atoms with van der Waals surface area (Å²) in [6, 6.07) is -0.611. The lowest BCUT2D eigenvalue weighted by molar-refractivity contribution is -0.138. The number of allylic oxidation sites excluding steroid dienone is 3. The number of rotatable bonds is 10. The van der Waals surface area contributed by atoms with Gasteiger partial charge in [0.05, 0.1) is 0 Å². The number of aliphatic carboxylic acids is 1. The van der Waals surface area contributed by atoms with Crippen molar-refractivity contribution in [3.05, 3.63) is 23.3 Å². The fraction of sp³-hybridized carbons (Fsp3) is 0.600. The molecule has 0 radical (unpaired) electrons. The molecule has 0 fully saturated rings. The normalized spacial score (nSPS) is 14.2. The molecule has 0 unspecified atom stereocenters. The maximum absolute atomic E-state index is 10.9. The van der Waals surface area contributed by atoms with E-state index < -0.39 is 12.0 Å². The van der Waals surface area contributed by atoms with Gasteiger partial charge in [0.1, 0.15) is 11.8 Å². The predicted molar refractivity (Wildman–Crippen MR) is 85.3 cm³/mol. The van der Waals surface area contributed by atoms with E-state index in [1.54, 1.807) is 6.92 Å². The van der Waals surface area contributed by atoms with Crippen LogP contribution in [0.15, 0.2) is 23.3 Å². The molecule has 0 amide bonds. The van der Waals surface area contributed by atoms with Gasteiger partial charge < -0.3 is 10.4 Å². The van der Waals surface area contributed by atoms with Crippen molar-refractivity contribution in [2.75, 3.05) is 12.3 Å². The highest BCUT2D eigenvalue weighted by atomic mass is 32.1. The minimum atomic E-state index is -0.881. The van der Waals surface area contributed by atoms with E-state index in [-0.39, 0.29) is 11.5 Å². The molecule has 1 atom stereocenters. The van der Waals surface area contributed by atoms with Crippen molar-refractivity contribution in [1.29, 1.82) is 0 Å². The Balaban J connectivity index is 4.03. The van der Waals surface area contributed by atoms with Crippen LogP contribution in [-0.2, 0) is 9.59 Å². The van der Waals surface area contributed by atoms with E-state index >= 15 is 0 Å². The summed E-state index contributed by atoms with van der Waals surface area (Å²) in [6.07, 6.45) is 6.41. The molecule has 114 valence electrons. The van der Waals surface area contributed by atoms with Gasteiger partial charge in [0, 0.05) is 18.7 Å². The number of nitrogens with one attached hydrogen (secondary N) is 1. The lowest BCUT2D eigenvalue weighted by Crippen LogP contribution is -2.38. The highest BCUT2D eigenvalue weighted by Crippen LogP contribution is 2.08. The third-order valence-electron chi connectivity index (χ3n) is 2.85. The third kappa shape index (κ3) is 9.81. The summed E-state index contributed by atoms with van der Waals surface area (Å²) in [5, 5.41) is 11.8. The molecule has 0 spiro atoms. The van der Waals surface area contributed by atoms with Crippen molar-refractivity contribution >= 4 is 24.4 Å². The Kier molecular flexibility index (Phi) is 10.1. The number of carbonyl (C=O) groups excluding carboxylic acids is 1. The second-order valence-corrected chi connectivity index (χ2v) is 5.37. The van der Waals surface area contributed by atoms with Gasteiger partial charge in [0.2, 0.25) is 0 Å². The zero-order valence-corrected chi connectivity index (χ0v) is 13.4. The molecule has 0 aromatic heterocycles. The number of carbonyl (C=O) groups is 2. The molecule has 0 saturated heterocycles. The number of ketones is 1. The minimum Gasteiger partial charge on any atom is -0.480 e. The smallest absolute Gasteiger partial charge is 0.321 e. The SMILES string of the molecule is CC(=O)C/C(C)=C/CC/C(C)=C/CN[C@@H](CS)C(=O)O. The van der Waals surface area contributed by atoms with E-state index in [1.165, 1.54) is 5.57 Å². The van der Waals surface area contributed by atoms with Gasteiger partial charge in [-0.3, -0.25) is 9.59 Å². The van der Waals surface area contributed by atoms with Crippen molar-refractivity contribution in [3.63, 3.8) is 0 Å². The maximum atomic E-state index is 10.9. The van der Waals surface area contributed by atoms with Gasteiger partial charge in [-0.2, -0.15) is 12.6 Å². The van der Waals surface area contributed by atoms with Crippen molar-refractivity contribution < 1.29 is 14.7 Å². The van der Waals surface area contributed by atoms with Crippen molar-refractivity contribution in [1.82, 2.24) is 5.32 Å². The van der Waals surface area contributed by atoms with Crippen molar-refractivity contribution in [2.45, 2.75) is 46.1 Å². The highest BCUT2D eigenvalue weighted by molar-refractivity contribution is 7.80. The number of hydrogen-bond acceptors (Lipinski definition) is 4. The van der Waals surface area contributed by atoms with E-state index in [0.29, 0.717) is 13.0 Å². The molecule has 0 aromatic rings. The molecule has 0 bridgehead atoms. The summed E-state index contributed by atoms with van der Waals surface area (Å²) >= 11 is 3.99. The maximum Gasteiger partial charge on any atom is 0.321 e. The van der Waals surface area contributed by atoms with Crippen LogP contribution < -0.4 is 5.32 Å². The molecule has 2 N–H and O–H groups in total. The average Bonchev–Trinajstić information content (AvgIpc) is 2.33. The molecule has 0 aliphatic heterocycles. The summed E-state index contributed by atoms with van der Waals surface area (Å²) in [5.41, 5.74) is 2.30. The fourth-order valence-electron chi connectivity index (χ4n) is 1.72. The summed E-state index contributed by atoms with van der Waals surface area (Å²) in [5.74, 6) is -0.426. The zero-order chi connectivity index (χ0) is 15.5. The standard InChI is InChI=1S/C15H25NO3S/c1-11(5-4-6-12(2)9-13(3)17)7-8-16-14(10-20)15(18)19/h6-7,14,16,20H,4-5,8-10H2,1-3H3,(H,18,19)/b11-7+,12-6+/t14-/m0/s1. The molecule has 0 heterocycles. The molecule has 0 saturated carbocycles. The Labute approximate surface area is 126 Å². The van der Waals surface area contributed by atoms with E-state index in [9.17, 15) is 9.59 Å². The lowest BCUT2D eigenvalue weighted by atomic mass is 10.1. The van der Waals surface area contributed by atoms with Crippen LogP contribution in [0.3, 0.4) is 0 Å². The Morgan fingerprint density at radius 1 is 1.20 bits per heavy atom. The van der Waals surface area contributed by atoms with Crippen LogP contribution in [0, 0.1) is 0 Å². The Hall–Kier alpha value is -1.07. The summed E-state index contributed by atoms with van der Waals surface area (Å²) in [4.78, 5) is 21.7. The van der Waals surface area contributed by atoms with Crippen LogP contribution in [0.1, 0.15) is 40.0 Å². The van der Waals surface area contributed by atoms with Gasteiger partial charge in [0.25, 0.3) is 0 Å². The first-order chi connectivity index (χ1) is 9.36. The topological polar surface area (TPSA) is 66.4 Å². The number of Topliss-reactive ketones (excluding diaryl/α,β-unsaturated/α-hetero) is 1. The number of carboxylic acid groups (broad SMARTS) is 1. The van der Waals surface area contributed by atoms with Gasteiger partial charge in [0.15, 0.2) is 0 Å². The van der Waals surface area contributed by atoms with E-state index in [0.717, 1.165) is 18.4 Å². The fourth-order valence-corrected chi connectivity index (χ4v) is 2.00. The minimum absolute atomic E-state index is 0.182. The molecular formula is C15H25NO3S. The summed E-state index contributed by atoms with van der Waals surface area (Å²) in [7, 11) is 0. The quantitative estimate of drug-likeness (QED) is 0.428. The molecular weight excluding hydrogens is 274 g/mol. The van der Waals surface area contributed by atoms with Crippen LogP contribution in [0.2, 0.25) is 0 Å². The van der Waals surface area contributed by atoms with Crippen LogP contribution in [0.5, 0.6) is 0 Å². The molecule has 5 heteroatoms. The van der Waals surface area contributed by atoms with E-state index in [4.69, 9.17) is 5.11 Å². The number of carboxylic acids is 1. The van der Waals surface area contributed by atoms with Crippen LogP contribution in [0.4, 0.5) is 0 Å². The van der Waals surface area contributed by atoms with Crippen molar-refractivity contribution in [3.8, 4) is 0 Å². The van der Waals surface area contributed by atoms with Gasteiger partial charge in [-0.1, -0.05) is 23.3 Å². The van der Waals surface area contributed by atoms with Gasteiger partial charge >= 0.3 is 5.97 Å². The Morgan fingerprint density at radius 3 is 2.35 bits per heavy atom. The summed E-state index contributed by atoms with van der Waals surface area (Å²) < 4.78 is 0. The molecule has 0 aromatic carbocycles. The highest BCUT2D eigenvalue weighted by Gasteiger charge is 2.12. The third-order valence-corrected chi connectivity index (χ3v) is 3.22. The van der Waals surface area contributed by atoms with E-state index in [2.05, 4.69) is 24.0 Å². The summed E-state index contributed by atoms with van der Waals surface area (Å²) in [6.45, 7) is 6.10. The van der Waals surface area contributed by atoms with Gasteiger partial charge in [-0.25, -0.2) is 0 Å². The van der Waals surface area contributed by atoms with Gasteiger partial charge in [-0.05, 0) is 33.6 Å². The number of hydrogen-bond donors (Lipinski definition) is 3. The Morgan fingerprint density at radius 2 is 1.85 bits per heavy atom. The first kappa shape index (κ1) is 18.9. The second-order valence-electron chi connectivity index (χ2n) is 5.00. The van der Waals surface area contributed by atoms with E-state index in [1.807, 2.05) is 19.9 Å². The molecule has 0 rings (SSSR count). The monoisotopic (exact) mass is 299 g/mol. The molecule has 4 nitrogen and oxygen atoms in total. The first-order valence-electron chi connectivity index (χ1n) is 6.74. The molecule has 20 heavy (non-hydrogen) atoms. The number of thiol groups is 1. The lowest BCUT2D eigenvalue weighted by Gasteiger charge is -2.10. The van der Waals surface area contributed by atoms with Crippen molar-refractivity contribution in [2.24, 2.45) is 0 Å². The molecule has 0 aliphatic carbocycles.